The van der Waals surface area contributed by atoms with E-state index in [0.717, 1.165) is 19.4 Å². The second-order valence-corrected chi connectivity index (χ2v) is 7.57. The quantitative estimate of drug-likeness (QED) is 0.656. The molecule has 3 rings (SSSR count). The SMILES string of the molecule is CCCCCCCCCC1CC(O)C2CN1OC2c1ccccc1. The van der Waals surface area contributed by atoms with Gasteiger partial charge < -0.3 is 5.11 Å². The third-order valence-corrected chi connectivity index (χ3v) is 5.71. The Labute approximate surface area is 147 Å². The van der Waals surface area contributed by atoms with Gasteiger partial charge in [-0.3, -0.25) is 4.84 Å². The largest absolute Gasteiger partial charge is 0.393 e. The van der Waals surface area contributed by atoms with Crippen LogP contribution in [0.5, 0.6) is 0 Å². The van der Waals surface area contributed by atoms with Gasteiger partial charge in [-0.25, -0.2) is 0 Å². The van der Waals surface area contributed by atoms with E-state index in [2.05, 4.69) is 36.3 Å². The molecule has 0 spiro atoms. The Bertz CT molecular complexity index is 478. The molecular formula is C21H33NO2. The van der Waals surface area contributed by atoms with Crippen molar-refractivity contribution >= 4 is 0 Å². The predicted octanol–water partition coefficient (Wildman–Crippen LogP) is 4.87. The van der Waals surface area contributed by atoms with E-state index in [4.69, 9.17) is 4.84 Å². The molecule has 5 unspecified atom stereocenters. The predicted molar refractivity (Wildman–Crippen MR) is 97.5 cm³/mol. The number of rotatable bonds is 9. The van der Waals surface area contributed by atoms with E-state index < -0.39 is 0 Å². The van der Waals surface area contributed by atoms with E-state index >= 15 is 0 Å². The van der Waals surface area contributed by atoms with Crippen molar-refractivity contribution < 1.29 is 9.94 Å². The molecule has 2 aliphatic rings. The summed E-state index contributed by atoms with van der Waals surface area (Å²) in [5.74, 6) is 0.220. The lowest BCUT2D eigenvalue weighted by Gasteiger charge is -2.32. The Kier molecular flexibility index (Phi) is 6.70. The van der Waals surface area contributed by atoms with Crippen LogP contribution in [0.15, 0.2) is 30.3 Å². The number of hydroxylamine groups is 2. The van der Waals surface area contributed by atoms with Gasteiger partial charge in [-0.1, -0.05) is 82.2 Å². The van der Waals surface area contributed by atoms with Crippen LogP contribution in [0.25, 0.3) is 0 Å². The average molecular weight is 332 g/mol. The van der Waals surface area contributed by atoms with Crippen molar-refractivity contribution in [3.8, 4) is 0 Å². The van der Waals surface area contributed by atoms with E-state index in [-0.39, 0.29) is 18.1 Å². The van der Waals surface area contributed by atoms with Crippen LogP contribution >= 0.6 is 0 Å². The molecule has 2 bridgehead atoms. The fraction of sp³-hybridized carbons (Fsp3) is 0.714. The number of hydrogen-bond donors (Lipinski definition) is 1. The molecule has 3 nitrogen and oxygen atoms in total. The van der Waals surface area contributed by atoms with Crippen LogP contribution in [0, 0.1) is 5.92 Å². The average Bonchev–Trinajstić information content (AvgIpc) is 3.00. The van der Waals surface area contributed by atoms with Crippen molar-refractivity contribution in [1.29, 1.82) is 0 Å². The summed E-state index contributed by atoms with van der Waals surface area (Å²) < 4.78 is 0. The topological polar surface area (TPSA) is 32.7 Å². The van der Waals surface area contributed by atoms with Gasteiger partial charge in [0.1, 0.15) is 6.10 Å². The molecule has 24 heavy (non-hydrogen) atoms. The van der Waals surface area contributed by atoms with Crippen molar-refractivity contribution in [1.82, 2.24) is 5.06 Å². The van der Waals surface area contributed by atoms with Gasteiger partial charge in [0, 0.05) is 18.5 Å². The summed E-state index contributed by atoms with van der Waals surface area (Å²) in [6, 6.07) is 10.8. The highest BCUT2D eigenvalue weighted by molar-refractivity contribution is 5.20. The van der Waals surface area contributed by atoms with Crippen LogP contribution < -0.4 is 0 Å². The smallest absolute Gasteiger partial charge is 0.111 e. The minimum atomic E-state index is -0.233. The minimum absolute atomic E-state index is 0.0280. The Morgan fingerprint density at radius 3 is 2.50 bits per heavy atom. The first-order chi connectivity index (χ1) is 11.8. The number of nitrogens with zero attached hydrogens (tertiary/aromatic N) is 1. The van der Waals surface area contributed by atoms with Crippen LogP contribution in [0.4, 0.5) is 0 Å². The Morgan fingerprint density at radius 1 is 1.04 bits per heavy atom. The fourth-order valence-electron chi connectivity index (χ4n) is 4.25. The van der Waals surface area contributed by atoms with Crippen molar-refractivity contribution in [2.24, 2.45) is 5.92 Å². The van der Waals surface area contributed by atoms with Gasteiger partial charge in [-0.05, 0) is 18.4 Å². The molecule has 1 aromatic carbocycles. The van der Waals surface area contributed by atoms with Gasteiger partial charge >= 0.3 is 0 Å². The van der Waals surface area contributed by atoms with Crippen molar-refractivity contribution in [2.45, 2.75) is 83.0 Å². The molecule has 1 N–H and O–H groups in total. The van der Waals surface area contributed by atoms with Gasteiger partial charge in [0.2, 0.25) is 0 Å². The molecule has 2 fully saturated rings. The minimum Gasteiger partial charge on any atom is -0.393 e. The van der Waals surface area contributed by atoms with Crippen LogP contribution in [0.1, 0.15) is 76.4 Å². The number of piperidine rings is 1. The first kappa shape index (κ1) is 17.9. The monoisotopic (exact) mass is 331 g/mol. The number of unbranched alkanes of at least 4 members (excludes halogenated alkanes) is 6. The Balaban J connectivity index is 1.45. The van der Waals surface area contributed by atoms with Crippen molar-refractivity contribution in [3.05, 3.63) is 35.9 Å². The number of benzene rings is 1. The zero-order chi connectivity index (χ0) is 16.8. The molecule has 3 heteroatoms. The van der Waals surface area contributed by atoms with Crippen LogP contribution in [0.2, 0.25) is 0 Å². The molecule has 2 aliphatic heterocycles. The van der Waals surface area contributed by atoms with Crippen LogP contribution in [0.3, 0.4) is 0 Å². The van der Waals surface area contributed by atoms with E-state index in [1.807, 2.05) is 6.07 Å². The molecule has 0 aromatic heterocycles. The number of fused-ring (bicyclic) bond motifs is 2. The molecular weight excluding hydrogens is 298 g/mol. The third-order valence-electron chi connectivity index (χ3n) is 5.71. The summed E-state index contributed by atoms with van der Waals surface area (Å²) in [6.07, 6.45) is 11.2. The normalized spacial score (nSPS) is 32.2. The molecule has 0 saturated carbocycles. The number of aliphatic hydroxyl groups excluding tert-OH is 1. The van der Waals surface area contributed by atoms with Gasteiger partial charge in [-0.15, -0.1) is 0 Å². The van der Waals surface area contributed by atoms with Gasteiger partial charge in [0.05, 0.1) is 6.10 Å². The third kappa shape index (κ3) is 4.38. The molecule has 134 valence electrons. The molecule has 0 radical (unpaired) electrons. The van der Waals surface area contributed by atoms with Crippen molar-refractivity contribution in [3.63, 3.8) is 0 Å². The Hall–Kier alpha value is -0.900. The van der Waals surface area contributed by atoms with E-state index in [1.54, 1.807) is 0 Å². The first-order valence-electron chi connectivity index (χ1n) is 9.96. The maximum Gasteiger partial charge on any atom is 0.111 e. The maximum atomic E-state index is 10.6. The molecule has 0 aliphatic carbocycles. The molecule has 2 saturated heterocycles. The van der Waals surface area contributed by atoms with Gasteiger partial charge in [-0.2, -0.15) is 5.06 Å². The highest BCUT2D eigenvalue weighted by atomic mass is 16.7. The van der Waals surface area contributed by atoms with E-state index in [9.17, 15) is 5.11 Å². The van der Waals surface area contributed by atoms with Crippen molar-refractivity contribution in [2.75, 3.05) is 6.54 Å². The summed E-state index contributed by atoms with van der Waals surface area (Å²) >= 11 is 0. The fourth-order valence-corrected chi connectivity index (χ4v) is 4.25. The summed E-state index contributed by atoms with van der Waals surface area (Å²) in [5.41, 5.74) is 1.20. The summed E-state index contributed by atoms with van der Waals surface area (Å²) in [7, 11) is 0. The van der Waals surface area contributed by atoms with Gasteiger partial charge in [0.25, 0.3) is 0 Å². The lowest BCUT2D eigenvalue weighted by Crippen LogP contribution is -2.42. The second-order valence-electron chi connectivity index (χ2n) is 7.57. The summed E-state index contributed by atoms with van der Waals surface area (Å²) in [6.45, 7) is 3.14. The first-order valence-corrected chi connectivity index (χ1v) is 9.96. The summed E-state index contributed by atoms with van der Waals surface area (Å²) in [4.78, 5) is 6.24. The lowest BCUT2D eigenvalue weighted by atomic mass is 9.84. The van der Waals surface area contributed by atoms with E-state index in [0.29, 0.717) is 6.04 Å². The zero-order valence-corrected chi connectivity index (χ0v) is 15.1. The second kappa shape index (κ2) is 8.98. The highest BCUT2D eigenvalue weighted by Crippen LogP contribution is 2.43. The van der Waals surface area contributed by atoms with E-state index in [1.165, 1.54) is 50.5 Å². The Morgan fingerprint density at radius 2 is 1.75 bits per heavy atom. The lowest BCUT2D eigenvalue weighted by molar-refractivity contribution is -0.175. The molecule has 0 amide bonds. The maximum absolute atomic E-state index is 10.6. The standard InChI is InChI=1S/C21H33NO2/c1-2-3-4-5-6-7-11-14-18-15-20(23)19-16-22(18)24-21(19)17-12-9-8-10-13-17/h8-10,12-13,18-21,23H,2-7,11,14-16H2,1H3. The highest BCUT2D eigenvalue weighted by Gasteiger charge is 2.47. The van der Waals surface area contributed by atoms with Crippen LogP contribution in [-0.4, -0.2) is 28.9 Å². The zero-order valence-electron chi connectivity index (χ0n) is 15.1. The molecule has 5 atom stereocenters. The van der Waals surface area contributed by atoms with Crippen LogP contribution in [-0.2, 0) is 4.84 Å². The number of hydrogen-bond acceptors (Lipinski definition) is 3. The molecule has 2 heterocycles. The van der Waals surface area contributed by atoms with Gasteiger partial charge in [0.15, 0.2) is 0 Å². The summed E-state index contributed by atoms with van der Waals surface area (Å²) in [5, 5.41) is 12.8. The number of aliphatic hydroxyl groups is 1. The molecule has 1 aromatic rings.